The van der Waals surface area contributed by atoms with Gasteiger partial charge in [0, 0.05) is 16.6 Å². The quantitative estimate of drug-likeness (QED) is 0.888. The molecule has 0 aliphatic heterocycles. The number of hydrogen-bond donors (Lipinski definition) is 1. The van der Waals surface area contributed by atoms with Crippen LogP contribution < -0.4 is 10.5 Å². The third-order valence-electron chi connectivity index (χ3n) is 3.78. The van der Waals surface area contributed by atoms with Gasteiger partial charge in [-0.1, -0.05) is 24.4 Å². The molecule has 0 bridgehead atoms. The summed E-state index contributed by atoms with van der Waals surface area (Å²) in [6, 6.07) is 4.00. The summed E-state index contributed by atoms with van der Waals surface area (Å²) in [7, 11) is 1.69. The number of methoxy groups -OCH3 is 1. The van der Waals surface area contributed by atoms with E-state index in [1.807, 2.05) is 19.1 Å². The summed E-state index contributed by atoms with van der Waals surface area (Å²) < 4.78 is 5.42. The molecule has 1 aromatic carbocycles. The Morgan fingerprint density at radius 2 is 2.00 bits per heavy atom. The highest BCUT2D eigenvalue weighted by Crippen LogP contribution is 2.39. The molecule has 2 N–H and O–H groups in total. The van der Waals surface area contributed by atoms with Crippen LogP contribution in [0.25, 0.3) is 0 Å². The van der Waals surface area contributed by atoms with Crippen LogP contribution in [0.15, 0.2) is 12.1 Å². The first-order valence-electron chi connectivity index (χ1n) is 6.23. The molecule has 0 aromatic heterocycles. The second kappa shape index (κ2) is 5.28. The van der Waals surface area contributed by atoms with E-state index in [0.717, 1.165) is 21.9 Å². The number of ether oxygens (including phenoxy) is 1. The molecule has 1 fully saturated rings. The van der Waals surface area contributed by atoms with E-state index in [0.29, 0.717) is 5.92 Å². The van der Waals surface area contributed by atoms with Gasteiger partial charge >= 0.3 is 0 Å². The first-order valence-corrected chi connectivity index (χ1v) is 6.61. The van der Waals surface area contributed by atoms with Crippen LogP contribution in [-0.4, -0.2) is 7.11 Å². The molecule has 94 valence electrons. The normalized spacial score (nSPS) is 18.4. The molecular formula is C14H20ClNO. The Balaban J connectivity index is 2.32. The number of aryl methyl sites for hydroxylation is 1. The van der Waals surface area contributed by atoms with E-state index in [-0.39, 0.29) is 6.04 Å². The minimum Gasteiger partial charge on any atom is -0.496 e. The average molecular weight is 254 g/mol. The van der Waals surface area contributed by atoms with Crippen LogP contribution >= 0.6 is 11.6 Å². The SMILES string of the molecule is COc1cc(C)c(Cl)cc1C(N)C1CCCC1. The summed E-state index contributed by atoms with van der Waals surface area (Å²) in [4.78, 5) is 0. The second-order valence-corrected chi connectivity index (χ2v) is 5.32. The zero-order valence-corrected chi connectivity index (χ0v) is 11.3. The Labute approximate surface area is 108 Å². The number of nitrogens with two attached hydrogens (primary N) is 1. The largest absolute Gasteiger partial charge is 0.496 e. The highest BCUT2D eigenvalue weighted by molar-refractivity contribution is 6.31. The topological polar surface area (TPSA) is 35.2 Å². The lowest BCUT2D eigenvalue weighted by Crippen LogP contribution is -2.20. The van der Waals surface area contributed by atoms with Crippen molar-refractivity contribution in [2.45, 2.75) is 38.6 Å². The fraction of sp³-hybridized carbons (Fsp3) is 0.571. The highest BCUT2D eigenvalue weighted by Gasteiger charge is 2.25. The Morgan fingerprint density at radius 3 is 2.59 bits per heavy atom. The molecule has 0 heterocycles. The van der Waals surface area contributed by atoms with E-state index in [4.69, 9.17) is 22.1 Å². The number of halogens is 1. The molecule has 2 rings (SSSR count). The predicted molar refractivity (Wildman–Crippen MR) is 71.6 cm³/mol. The predicted octanol–water partition coefficient (Wildman–Crippen LogP) is 3.85. The highest BCUT2D eigenvalue weighted by atomic mass is 35.5. The summed E-state index contributed by atoms with van der Waals surface area (Å²) in [5.74, 6) is 1.44. The van der Waals surface area contributed by atoms with Crippen molar-refractivity contribution < 1.29 is 4.74 Å². The number of benzene rings is 1. The molecule has 1 aliphatic rings. The molecule has 1 aliphatic carbocycles. The monoisotopic (exact) mass is 253 g/mol. The van der Waals surface area contributed by atoms with E-state index in [2.05, 4.69) is 0 Å². The van der Waals surface area contributed by atoms with Crippen molar-refractivity contribution in [2.24, 2.45) is 11.7 Å². The number of hydrogen-bond acceptors (Lipinski definition) is 2. The molecule has 1 aromatic rings. The second-order valence-electron chi connectivity index (χ2n) is 4.91. The Kier molecular flexibility index (Phi) is 3.95. The molecule has 0 radical (unpaired) electrons. The van der Waals surface area contributed by atoms with Crippen molar-refractivity contribution in [3.05, 3.63) is 28.3 Å². The van der Waals surface area contributed by atoms with Gasteiger partial charge in [-0.15, -0.1) is 0 Å². The van der Waals surface area contributed by atoms with Gasteiger partial charge in [0.05, 0.1) is 7.11 Å². The smallest absolute Gasteiger partial charge is 0.124 e. The van der Waals surface area contributed by atoms with Crippen molar-refractivity contribution in [1.82, 2.24) is 0 Å². The van der Waals surface area contributed by atoms with E-state index in [9.17, 15) is 0 Å². The van der Waals surface area contributed by atoms with Gasteiger partial charge in [0.15, 0.2) is 0 Å². The van der Waals surface area contributed by atoms with Gasteiger partial charge in [-0.05, 0) is 43.4 Å². The molecule has 1 unspecified atom stereocenters. The molecule has 2 nitrogen and oxygen atoms in total. The third kappa shape index (κ3) is 2.58. The van der Waals surface area contributed by atoms with Crippen LogP contribution in [0.1, 0.15) is 42.9 Å². The van der Waals surface area contributed by atoms with Crippen LogP contribution in [0.2, 0.25) is 5.02 Å². The Bertz CT molecular complexity index is 399. The van der Waals surface area contributed by atoms with E-state index >= 15 is 0 Å². The lowest BCUT2D eigenvalue weighted by molar-refractivity contribution is 0.385. The summed E-state index contributed by atoms with van der Waals surface area (Å²) in [6.45, 7) is 1.98. The molecule has 0 spiro atoms. The fourth-order valence-electron chi connectivity index (χ4n) is 2.68. The minimum absolute atomic E-state index is 0.0468. The van der Waals surface area contributed by atoms with Gasteiger partial charge in [-0.25, -0.2) is 0 Å². The maximum atomic E-state index is 6.36. The zero-order chi connectivity index (χ0) is 12.4. The van der Waals surface area contributed by atoms with Crippen LogP contribution in [0.4, 0.5) is 0 Å². The van der Waals surface area contributed by atoms with Crippen LogP contribution in [0.5, 0.6) is 5.75 Å². The summed E-state index contributed by atoms with van der Waals surface area (Å²) in [5.41, 5.74) is 8.44. The van der Waals surface area contributed by atoms with Gasteiger partial charge in [0.2, 0.25) is 0 Å². The van der Waals surface area contributed by atoms with Crippen molar-refractivity contribution >= 4 is 11.6 Å². The first-order chi connectivity index (χ1) is 8.13. The molecule has 0 saturated heterocycles. The Morgan fingerprint density at radius 1 is 1.35 bits per heavy atom. The van der Waals surface area contributed by atoms with Crippen LogP contribution in [-0.2, 0) is 0 Å². The maximum absolute atomic E-state index is 6.36. The van der Waals surface area contributed by atoms with E-state index in [1.54, 1.807) is 7.11 Å². The maximum Gasteiger partial charge on any atom is 0.124 e. The van der Waals surface area contributed by atoms with Crippen LogP contribution in [0, 0.1) is 12.8 Å². The van der Waals surface area contributed by atoms with Gasteiger partial charge in [0.1, 0.15) is 5.75 Å². The van der Waals surface area contributed by atoms with Gasteiger partial charge < -0.3 is 10.5 Å². The van der Waals surface area contributed by atoms with Crippen molar-refractivity contribution in [3.63, 3.8) is 0 Å². The van der Waals surface area contributed by atoms with Gasteiger partial charge in [-0.2, -0.15) is 0 Å². The molecule has 1 atom stereocenters. The molecule has 17 heavy (non-hydrogen) atoms. The summed E-state index contributed by atoms with van der Waals surface area (Å²) in [6.07, 6.45) is 5.02. The van der Waals surface area contributed by atoms with Gasteiger partial charge in [0.25, 0.3) is 0 Å². The Hall–Kier alpha value is -0.730. The van der Waals surface area contributed by atoms with Crippen molar-refractivity contribution in [3.8, 4) is 5.75 Å². The molecule has 0 amide bonds. The summed E-state index contributed by atoms with van der Waals surface area (Å²) in [5, 5.41) is 0.772. The van der Waals surface area contributed by atoms with Crippen molar-refractivity contribution in [2.75, 3.05) is 7.11 Å². The lowest BCUT2D eigenvalue weighted by atomic mass is 9.91. The summed E-state index contributed by atoms with van der Waals surface area (Å²) >= 11 is 6.18. The standard InChI is InChI=1S/C14H20ClNO/c1-9-7-13(17-2)11(8-12(9)15)14(16)10-5-3-4-6-10/h7-8,10,14H,3-6,16H2,1-2H3. The minimum atomic E-state index is 0.0468. The van der Waals surface area contributed by atoms with Crippen molar-refractivity contribution in [1.29, 1.82) is 0 Å². The zero-order valence-electron chi connectivity index (χ0n) is 10.5. The first kappa shape index (κ1) is 12.7. The van der Waals surface area contributed by atoms with Gasteiger partial charge in [-0.3, -0.25) is 0 Å². The molecule has 1 saturated carbocycles. The average Bonchev–Trinajstić information content (AvgIpc) is 2.84. The van der Waals surface area contributed by atoms with E-state index < -0.39 is 0 Å². The third-order valence-corrected chi connectivity index (χ3v) is 4.18. The molecule has 3 heteroatoms. The van der Waals surface area contributed by atoms with E-state index in [1.165, 1.54) is 25.7 Å². The lowest BCUT2D eigenvalue weighted by Gasteiger charge is -2.22. The molecular weight excluding hydrogens is 234 g/mol. The fourth-order valence-corrected chi connectivity index (χ4v) is 2.85. The van der Waals surface area contributed by atoms with Crippen LogP contribution in [0.3, 0.4) is 0 Å². The number of rotatable bonds is 3.